The number of amides is 1. The molecule has 2 heterocycles. The van der Waals surface area contributed by atoms with Crippen LogP contribution in [0, 0.1) is 0 Å². The van der Waals surface area contributed by atoms with Crippen molar-refractivity contribution in [2.24, 2.45) is 0 Å². The Bertz CT molecular complexity index is 538. The van der Waals surface area contributed by atoms with Crippen LogP contribution in [0.1, 0.15) is 24.2 Å². The number of H-pyrrole nitrogens is 1. The zero-order chi connectivity index (χ0) is 14.8. The van der Waals surface area contributed by atoms with E-state index in [2.05, 4.69) is 4.98 Å². The van der Waals surface area contributed by atoms with Crippen molar-refractivity contribution < 1.29 is 14.3 Å². The van der Waals surface area contributed by atoms with Crippen molar-refractivity contribution in [3.8, 4) is 0 Å². The Kier molecular flexibility index (Phi) is 4.25. The normalized spacial score (nSPS) is 21.8. The average molecular weight is 280 g/mol. The Morgan fingerprint density at radius 3 is 3.00 bits per heavy atom. The number of ether oxygens (including phenoxy) is 2. The molecule has 1 N–H and O–H groups in total. The Labute approximate surface area is 117 Å². The summed E-state index contributed by atoms with van der Waals surface area (Å²) < 4.78 is 11.0. The van der Waals surface area contributed by atoms with E-state index in [1.807, 2.05) is 13.8 Å². The van der Waals surface area contributed by atoms with Crippen molar-refractivity contribution in [3.05, 3.63) is 34.2 Å². The molecule has 6 heteroatoms. The summed E-state index contributed by atoms with van der Waals surface area (Å²) in [6, 6.07) is 2.92. The van der Waals surface area contributed by atoms with E-state index < -0.39 is 5.60 Å². The molecule has 1 aliphatic rings. The van der Waals surface area contributed by atoms with Gasteiger partial charge in [-0.3, -0.25) is 9.59 Å². The van der Waals surface area contributed by atoms with Crippen LogP contribution in [0.2, 0.25) is 0 Å². The molecular formula is C14H20N2O4. The second kappa shape index (κ2) is 5.76. The van der Waals surface area contributed by atoms with Crippen molar-refractivity contribution in [1.82, 2.24) is 9.88 Å². The van der Waals surface area contributed by atoms with Crippen LogP contribution >= 0.6 is 0 Å². The van der Waals surface area contributed by atoms with Gasteiger partial charge in [0.05, 0.1) is 18.3 Å². The molecule has 1 aromatic heterocycles. The van der Waals surface area contributed by atoms with E-state index in [4.69, 9.17) is 9.47 Å². The molecule has 2 rings (SSSR count). The number of nitrogens with one attached hydrogen (secondary N) is 1. The molecule has 1 fully saturated rings. The summed E-state index contributed by atoms with van der Waals surface area (Å²) in [5.74, 6) is -0.159. The van der Waals surface area contributed by atoms with Gasteiger partial charge < -0.3 is 19.4 Å². The van der Waals surface area contributed by atoms with Crippen molar-refractivity contribution >= 4 is 5.91 Å². The van der Waals surface area contributed by atoms with E-state index in [9.17, 15) is 9.59 Å². The molecule has 0 saturated carbocycles. The van der Waals surface area contributed by atoms with Gasteiger partial charge in [0.15, 0.2) is 0 Å². The van der Waals surface area contributed by atoms with Gasteiger partial charge in [-0.1, -0.05) is 0 Å². The van der Waals surface area contributed by atoms with Crippen LogP contribution in [-0.2, 0) is 9.47 Å². The first-order chi connectivity index (χ1) is 9.41. The monoisotopic (exact) mass is 280 g/mol. The molecule has 0 bridgehead atoms. The van der Waals surface area contributed by atoms with Gasteiger partial charge in [-0.05, 0) is 19.9 Å². The van der Waals surface area contributed by atoms with Crippen molar-refractivity contribution in [2.75, 3.05) is 26.8 Å². The lowest BCUT2D eigenvalue weighted by atomic mass is 10.0. The van der Waals surface area contributed by atoms with Crippen LogP contribution in [0.3, 0.4) is 0 Å². The number of morpholine rings is 1. The fourth-order valence-corrected chi connectivity index (χ4v) is 2.48. The number of carbonyl (C=O) groups is 1. The van der Waals surface area contributed by atoms with Gasteiger partial charge in [0, 0.05) is 38.0 Å². The third-order valence-electron chi connectivity index (χ3n) is 3.14. The Hall–Kier alpha value is -1.66. The first-order valence-corrected chi connectivity index (χ1v) is 6.56. The average Bonchev–Trinajstić information content (AvgIpc) is 2.36. The van der Waals surface area contributed by atoms with Gasteiger partial charge in [-0.2, -0.15) is 0 Å². The van der Waals surface area contributed by atoms with Crippen LogP contribution in [0.4, 0.5) is 0 Å². The molecule has 0 spiro atoms. The van der Waals surface area contributed by atoms with Crippen LogP contribution in [0.15, 0.2) is 23.1 Å². The maximum atomic E-state index is 12.5. The van der Waals surface area contributed by atoms with E-state index in [-0.39, 0.29) is 17.6 Å². The smallest absolute Gasteiger partial charge is 0.254 e. The summed E-state index contributed by atoms with van der Waals surface area (Å²) >= 11 is 0. The minimum Gasteiger partial charge on any atom is -0.382 e. The van der Waals surface area contributed by atoms with Crippen LogP contribution in [0.5, 0.6) is 0 Å². The van der Waals surface area contributed by atoms with Gasteiger partial charge >= 0.3 is 0 Å². The second-order valence-electron chi connectivity index (χ2n) is 5.58. The molecule has 0 aromatic carbocycles. The number of rotatable bonds is 3. The van der Waals surface area contributed by atoms with E-state index >= 15 is 0 Å². The van der Waals surface area contributed by atoms with Crippen LogP contribution in [0.25, 0.3) is 0 Å². The van der Waals surface area contributed by atoms with E-state index in [1.54, 1.807) is 18.1 Å². The summed E-state index contributed by atoms with van der Waals surface area (Å²) in [5, 5.41) is 0. The second-order valence-corrected chi connectivity index (χ2v) is 5.58. The fraction of sp³-hybridized carbons (Fsp3) is 0.571. The topological polar surface area (TPSA) is 71.6 Å². The van der Waals surface area contributed by atoms with E-state index in [0.717, 1.165) is 0 Å². The zero-order valence-electron chi connectivity index (χ0n) is 12.0. The number of hydrogen-bond acceptors (Lipinski definition) is 4. The van der Waals surface area contributed by atoms with Gasteiger partial charge in [-0.25, -0.2) is 0 Å². The summed E-state index contributed by atoms with van der Waals surface area (Å²) in [7, 11) is 1.61. The van der Waals surface area contributed by atoms with Gasteiger partial charge in [-0.15, -0.1) is 0 Å². The van der Waals surface area contributed by atoms with Crippen molar-refractivity contribution in [1.29, 1.82) is 0 Å². The highest BCUT2D eigenvalue weighted by Crippen LogP contribution is 2.22. The van der Waals surface area contributed by atoms with Crippen LogP contribution in [-0.4, -0.2) is 54.3 Å². The molecule has 6 nitrogen and oxygen atoms in total. The molecule has 1 aromatic rings. The van der Waals surface area contributed by atoms with Crippen molar-refractivity contribution in [2.45, 2.75) is 25.6 Å². The van der Waals surface area contributed by atoms with Gasteiger partial charge in [0.1, 0.15) is 0 Å². The summed E-state index contributed by atoms with van der Waals surface area (Å²) in [5.41, 5.74) is -0.322. The highest BCUT2D eigenvalue weighted by Gasteiger charge is 2.35. The third-order valence-corrected chi connectivity index (χ3v) is 3.14. The highest BCUT2D eigenvalue weighted by molar-refractivity contribution is 5.94. The Balaban J connectivity index is 2.18. The third kappa shape index (κ3) is 3.46. The molecular weight excluding hydrogens is 260 g/mol. The van der Waals surface area contributed by atoms with Crippen LogP contribution < -0.4 is 5.56 Å². The summed E-state index contributed by atoms with van der Waals surface area (Å²) in [6.07, 6.45) is 1.32. The summed E-state index contributed by atoms with van der Waals surface area (Å²) in [6.45, 7) is 5.25. The first-order valence-electron chi connectivity index (χ1n) is 6.56. The molecule has 1 atom stereocenters. The maximum absolute atomic E-state index is 12.5. The van der Waals surface area contributed by atoms with E-state index in [0.29, 0.717) is 25.3 Å². The number of methoxy groups -OCH3 is 1. The van der Waals surface area contributed by atoms with E-state index in [1.165, 1.54) is 12.3 Å². The first kappa shape index (κ1) is 14.7. The molecule has 0 radical (unpaired) electrons. The Morgan fingerprint density at radius 2 is 2.35 bits per heavy atom. The molecule has 1 aliphatic heterocycles. The standard InChI is InChI=1S/C14H20N2O4/c1-14(2)9-16(7-11(20-14)8-19-3)13(18)10-4-5-15-12(17)6-10/h4-6,11H,7-9H2,1-3H3,(H,15,17)/t11-/m0/s1. The predicted molar refractivity (Wildman–Crippen MR) is 73.8 cm³/mol. The summed E-state index contributed by atoms with van der Waals surface area (Å²) in [4.78, 5) is 28.0. The lowest BCUT2D eigenvalue weighted by Crippen LogP contribution is -2.55. The molecule has 0 unspecified atom stereocenters. The fourth-order valence-electron chi connectivity index (χ4n) is 2.48. The number of hydrogen-bond donors (Lipinski definition) is 1. The predicted octanol–water partition coefficient (Wildman–Crippen LogP) is 0.641. The lowest BCUT2D eigenvalue weighted by molar-refractivity contribution is -0.143. The SMILES string of the molecule is COC[C@@H]1CN(C(=O)c2cc[nH]c(=O)c2)CC(C)(C)O1. The highest BCUT2D eigenvalue weighted by atomic mass is 16.5. The molecule has 110 valence electrons. The zero-order valence-corrected chi connectivity index (χ0v) is 12.0. The molecule has 1 amide bonds. The minimum absolute atomic E-state index is 0.158. The Morgan fingerprint density at radius 1 is 1.60 bits per heavy atom. The minimum atomic E-state index is -0.432. The molecule has 0 aliphatic carbocycles. The largest absolute Gasteiger partial charge is 0.382 e. The molecule has 1 saturated heterocycles. The van der Waals surface area contributed by atoms with Gasteiger partial charge in [0.25, 0.3) is 5.91 Å². The number of nitrogens with zero attached hydrogens (tertiary/aromatic N) is 1. The lowest BCUT2D eigenvalue weighted by Gasteiger charge is -2.42. The number of aromatic nitrogens is 1. The number of aromatic amines is 1. The van der Waals surface area contributed by atoms with Crippen molar-refractivity contribution in [3.63, 3.8) is 0 Å². The number of carbonyl (C=O) groups excluding carboxylic acids is 1. The molecule has 20 heavy (non-hydrogen) atoms. The maximum Gasteiger partial charge on any atom is 0.254 e. The quantitative estimate of drug-likeness (QED) is 0.882. The van der Waals surface area contributed by atoms with Gasteiger partial charge in [0.2, 0.25) is 5.56 Å². The number of pyridine rings is 1.